The Morgan fingerprint density at radius 3 is 1.94 bits per heavy atom. The van der Waals surface area contributed by atoms with Crippen molar-refractivity contribution in [3.8, 4) is 12.3 Å². The first kappa shape index (κ1) is 16.2. The Balaban J connectivity index is 3.08. The maximum atomic E-state index is 11.3. The van der Waals surface area contributed by atoms with Gasteiger partial charge in [0.05, 0.1) is 0 Å². The molecule has 0 bridgehead atoms. The van der Waals surface area contributed by atoms with Crippen molar-refractivity contribution in [2.75, 3.05) is 0 Å². The second-order valence-electron chi connectivity index (χ2n) is 4.82. The molecule has 0 fully saturated rings. The summed E-state index contributed by atoms with van der Waals surface area (Å²) in [4.78, 5) is 11.3. The van der Waals surface area contributed by atoms with Gasteiger partial charge < -0.3 is 0 Å². The second-order valence-corrected chi connectivity index (χ2v) is 4.82. The number of unbranched alkanes of at least 4 members (excludes halogenated alkanes) is 8. The standard InChI is InChI=1S/C16H28O/c1-3-5-7-8-9-10-11-12-13-15-16(17)14-6-4-2/h2H,3,5-15H2,1H3. The lowest BCUT2D eigenvalue weighted by Gasteiger charge is -2.01. The van der Waals surface area contributed by atoms with Crippen LogP contribution in [0.25, 0.3) is 0 Å². The summed E-state index contributed by atoms with van der Waals surface area (Å²) in [6, 6.07) is 0. The Bertz CT molecular complexity index is 212. The smallest absolute Gasteiger partial charge is 0.133 e. The molecule has 0 aliphatic rings. The van der Waals surface area contributed by atoms with Gasteiger partial charge in [-0.15, -0.1) is 12.3 Å². The Kier molecular flexibility index (Phi) is 12.7. The summed E-state index contributed by atoms with van der Waals surface area (Å²) in [5.74, 6) is 2.85. The van der Waals surface area contributed by atoms with Crippen molar-refractivity contribution < 1.29 is 4.79 Å². The van der Waals surface area contributed by atoms with Crippen molar-refractivity contribution in [3.05, 3.63) is 0 Å². The number of ketones is 1. The summed E-state index contributed by atoms with van der Waals surface area (Å²) < 4.78 is 0. The molecule has 1 heteroatoms. The zero-order valence-corrected chi connectivity index (χ0v) is 11.5. The van der Waals surface area contributed by atoms with Crippen LogP contribution in [0.4, 0.5) is 0 Å². The minimum absolute atomic E-state index is 0.339. The van der Waals surface area contributed by atoms with Crippen LogP contribution in [0, 0.1) is 12.3 Å². The molecule has 0 aromatic rings. The molecular weight excluding hydrogens is 208 g/mol. The third-order valence-electron chi connectivity index (χ3n) is 3.11. The molecule has 0 amide bonds. The maximum Gasteiger partial charge on any atom is 0.133 e. The summed E-state index contributed by atoms with van der Waals surface area (Å²) >= 11 is 0. The molecule has 98 valence electrons. The number of Topliss-reactive ketones (excluding diaryl/α,β-unsaturated/α-hetero) is 1. The van der Waals surface area contributed by atoms with Crippen LogP contribution in [-0.4, -0.2) is 5.78 Å². The number of carbonyl (C=O) groups is 1. The molecule has 0 saturated heterocycles. The molecular formula is C16H28O. The number of terminal acetylenes is 1. The normalized spacial score (nSPS) is 10.1. The fourth-order valence-electron chi connectivity index (χ4n) is 1.97. The van der Waals surface area contributed by atoms with Crippen LogP contribution in [-0.2, 0) is 4.79 Å². The lowest BCUT2D eigenvalue weighted by atomic mass is 10.0. The minimum atomic E-state index is 0.339. The van der Waals surface area contributed by atoms with E-state index in [-0.39, 0.29) is 0 Å². The first-order valence-electron chi connectivity index (χ1n) is 7.26. The first-order valence-corrected chi connectivity index (χ1v) is 7.26. The molecule has 17 heavy (non-hydrogen) atoms. The van der Waals surface area contributed by atoms with E-state index in [9.17, 15) is 4.79 Å². The highest BCUT2D eigenvalue weighted by Gasteiger charge is 2.00. The van der Waals surface area contributed by atoms with Crippen molar-refractivity contribution in [2.24, 2.45) is 0 Å². The fraction of sp³-hybridized carbons (Fsp3) is 0.812. The molecule has 1 nitrogen and oxygen atoms in total. The summed E-state index contributed by atoms with van der Waals surface area (Å²) in [6.07, 6.45) is 18.8. The molecule has 0 aromatic carbocycles. The topological polar surface area (TPSA) is 17.1 Å². The number of hydrogen-bond acceptors (Lipinski definition) is 1. The molecule has 0 aliphatic heterocycles. The lowest BCUT2D eigenvalue weighted by Crippen LogP contribution is -1.96. The second kappa shape index (κ2) is 13.3. The summed E-state index contributed by atoms with van der Waals surface area (Å²) in [6.45, 7) is 2.25. The first-order chi connectivity index (χ1) is 8.31. The van der Waals surface area contributed by atoms with Gasteiger partial charge in [-0.05, 0) is 6.42 Å². The Morgan fingerprint density at radius 1 is 0.882 bits per heavy atom. The van der Waals surface area contributed by atoms with Crippen molar-refractivity contribution in [3.63, 3.8) is 0 Å². The number of hydrogen-bond donors (Lipinski definition) is 0. The van der Waals surface area contributed by atoms with E-state index in [2.05, 4.69) is 12.8 Å². The van der Waals surface area contributed by atoms with E-state index < -0.39 is 0 Å². The van der Waals surface area contributed by atoms with E-state index in [1.807, 2.05) is 0 Å². The van der Waals surface area contributed by atoms with Gasteiger partial charge in [0.1, 0.15) is 5.78 Å². The molecule has 0 heterocycles. The van der Waals surface area contributed by atoms with Crippen LogP contribution in [0.15, 0.2) is 0 Å². The summed E-state index contributed by atoms with van der Waals surface area (Å²) in [5, 5.41) is 0. The quantitative estimate of drug-likeness (QED) is 0.348. The molecule has 0 aromatic heterocycles. The van der Waals surface area contributed by atoms with E-state index in [4.69, 9.17) is 6.42 Å². The number of carbonyl (C=O) groups excluding carboxylic acids is 1. The van der Waals surface area contributed by atoms with E-state index in [1.165, 1.54) is 51.4 Å². The van der Waals surface area contributed by atoms with Crippen LogP contribution in [0.1, 0.15) is 84.0 Å². The predicted octanol–water partition coefficient (Wildman–Crippen LogP) is 4.89. The van der Waals surface area contributed by atoms with E-state index >= 15 is 0 Å². The highest BCUT2D eigenvalue weighted by atomic mass is 16.1. The molecule has 0 rings (SSSR count). The zero-order chi connectivity index (χ0) is 12.8. The predicted molar refractivity (Wildman–Crippen MR) is 74.9 cm³/mol. The van der Waals surface area contributed by atoms with Crippen molar-refractivity contribution in [1.29, 1.82) is 0 Å². The summed E-state index contributed by atoms with van der Waals surface area (Å²) in [5.41, 5.74) is 0. The maximum absolute atomic E-state index is 11.3. The molecule has 0 atom stereocenters. The molecule has 0 saturated carbocycles. The van der Waals surface area contributed by atoms with Crippen molar-refractivity contribution in [1.82, 2.24) is 0 Å². The van der Waals surface area contributed by atoms with Gasteiger partial charge in [-0.2, -0.15) is 0 Å². The van der Waals surface area contributed by atoms with Gasteiger partial charge in [0.2, 0.25) is 0 Å². The third kappa shape index (κ3) is 13.2. The summed E-state index contributed by atoms with van der Waals surface area (Å²) in [7, 11) is 0. The van der Waals surface area contributed by atoms with E-state index in [0.29, 0.717) is 18.6 Å². The fourth-order valence-corrected chi connectivity index (χ4v) is 1.97. The van der Waals surface area contributed by atoms with E-state index in [1.54, 1.807) is 0 Å². The van der Waals surface area contributed by atoms with Crippen LogP contribution in [0.2, 0.25) is 0 Å². The lowest BCUT2D eigenvalue weighted by molar-refractivity contribution is -0.119. The molecule has 0 spiro atoms. The van der Waals surface area contributed by atoms with Gasteiger partial charge in [-0.1, -0.05) is 58.3 Å². The highest BCUT2D eigenvalue weighted by molar-refractivity contribution is 5.78. The average Bonchev–Trinajstić information content (AvgIpc) is 2.34. The Labute approximate surface area is 107 Å². The largest absolute Gasteiger partial charge is 0.300 e. The molecule has 0 unspecified atom stereocenters. The van der Waals surface area contributed by atoms with Gasteiger partial charge in [0.15, 0.2) is 0 Å². The zero-order valence-electron chi connectivity index (χ0n) is 11.5. The van der Waals surface area contributed by atoms with Gasteiger partial charge in [-0.3, -0.25) is 4.79 Å². The van der Waals surface area contributed by atoms with Gasteiger partial charge >= 0.3 is 0 Å². The SMILES string of the molecule is C#CCCC(=O)CCCCCCCCCCC. The molecule has 0 N–H and O–H groups in total. The van der Waals surface area contributed by atoms with Crippen LogP contribution >= 0.6 is 0 Å². The van der Waals surface area contributed by atoms with Crippen LogP contribution in [0.5, 0.6) is 0 Å². The van der Waals surface area contributed by atoms with E-state index in [0.717, 1.165) is 12.8 Å². The highest BCUT2D eigenvalue weighted by Crippen LogP contribution is 2.11. The van der Waals surface area contributed by atoms with Gasteiger partial charge in [0.25, 0.3) is 0 Å². The van der Waals surface area contributed by atoms with Crippen molar-refractivity contribution in [2.45, 2.75) is 84.0 Å². The van der Waals surface area contributed by atoms with Crippen LogP contribution < -0.4 is 0 Å². The van der Waals surface area contributed by atoms with Gasteiger partial charge in [0, 0.05) is 19.3 Å². The Morgan fingerprint density at radius 2 is 1.41 bits per heavy atom. The minimum Gasteiger partial charge on any atom is -0.300 e. The van der Waals surface area contributed by atoms with Gasteiger partial charge in [-0.25, -0.2) is 0 Å². The third-order valence-corrected chi connectivity index (χ3v) is 3.11. The monoisotopic (exact) mass is 236 g/mol. The molecule has 0 aliphatic carbocycles. The average molecular weight is 236 g/mol. The number of rotatable bonds is 12. The Hall–Kier alpha value is -0.770. The van der Waals surface area contributed by atoms with Crippen molar-refractivity contribution >= 4 is 5.78 Å². The van der Waals surface area contributed by atoms with Crippen LogP contribution in [0.3, 0.4) is 0 Å². The molecule has 0 radical (unpaired) electrons.